The van der Waals surface area contributed by atoms with E-state index in [0.29, 0.717) is 22.9 Å². The first-order valence-corrected chi connectivity index (χ1v) is 14.0. The number of amides is 1. The summed E-state index contributed by atoms with van der Waals surface area (Å²) in [5, 5.41) is 36.5. The van der Waals surface area contributed by atoms with Gasteiger partial charge in [-0.3, -0.25) is 4.79 Å². The molecule has 1 heterocycles. The molecule has 1 aliphatic heterocycles. The maximum absolute atomic E-state index is 15.7. The van der Waals surface area contributed by atoms with Gasteiger partial charge in [0.1, 0.15) is 11.2 Å². The monoisotopic (exact) mass is 561 g/mol. The number of nitrogens with zero attached hydrogens (tertiary/aromatic N) is 1. The quantitative estimate of drug-likeness (QED) is 0.350. The van der Waals surface area contributed by atoms with Crippen molar-refractivity contribution in [2.45, 2.75) is 74.5 Å². The molecule has 1 amide bonds. The molecule has 204 valence electrons. The van der Waals surface area contributed by atoms with Crippen LogP contribution in [0.1, 0.15) is 62.0 Å². The zero-order chi connectivity index (χ0) is 27.3. The summed E-state index contributed by atoms with van der Waals surface area (Å²) < 4.78 is 15.7. The number of carbonyl (C=O) groups is 1. The Morgan fingerprint density at radius 2 is 1.89 bits per heavy atom. The molecule has 2 aromatic rings. The van der Waals surface area contributed by atoms with Gasteiger partial charge in [-0.2, -0.15) is 5.26 Å². The van der Waals surface area contributed by atoms with Gasteiger partial charge in [-0.15, -0.1) is 0 Å². The summed E-state index contributed by atoms with van der Waals surface area (Å²) in [7, 11) is 0. The Balaban J connectivity index is 1.82. The van der Waals surface area contributed by atoms with Crippen LogP contribution >= 0.6 is 23.2 Å². The fourth-order valence-corrected chi connectivity index (χ4v) is 6.54. The van der Waals surface area contributed by atoms with Gasteiger partial charge < -0.3 is 20.8 Å². The number of carbonyl (C=O) groups excluding carboxylic acids is 1. The van der Waals surface area contributed by atoms with Crippen LogP contribution < -0.4 is 10.6 Å². The van der Waals surface area contributed by atoms with Gasteiger partial charge in [0.05, 0.1) is 29.8 Å². The van der Waals surface area contributed by atoms with Crippen molar-refractivity contribution in [2.24, 2.45) is 5.92 Å². The highest BCUT2D eigenvalue weighted by Crippen LogP contribution is 2.52. The molecule has 9 heteroatoms. The SMILES string of the molecule is N#C[C@]1(c2ccc(Cl)cc2)[C@H](CC2CCCCC2)N[C@@H](C(=O)NCC[C@H](O)CO)[C@@H]1c1cccc(Cl)c1F. The summed E-state index contributed by atoms with van der Waals surface area (Å²) in [5.41, 5.74) is -0.420. The molecule has 0 bridgehead atoms. The molecule has 1 aliphatic carbocycles. The van der Waals surface area contributed by atoms with Gasteiger partial charge in [-0.05, 0) is 48.1 Å². The van der Waals surface area contributed by atoms with E-state index in [1.54, 1.807) is 36.4 Å². The minimum Gasteiger partial charge on any atom is -0.394 e. The van der Waals surface area contributed by atoms with E-state index in [1.165, 1.54) is 12.5 Å². The largest absolute Gasteiger partial charge is 0.394 e. The third kappa shape index (κ3) is 5.85. The topological polar surface area (TPSA) is 105 Å². The molecule has 0 spiro atoms. The molecule has 2 fully saturated rings. The molecule has 2 aliphatic rings. The highest BCUT2D eigenvalue weighted by molar-refractivity contribution is 6.31. The zero-order valence-electron chi connectivity index (χ0n) is 21.2. The summed E-state index contributed by atoms with van der Waals surface area (Å²) in [6.45, 7) is -0.289. The van der Waals surface area contributed by atoms with Gasteiger partial charge >= 0.3 is 0 Å². The van der Waals surface area contributed by atoms with E-state index in [4.69, 9.17) is 28.3 Å². The first-order chi connectivity index (χ1) is 18.3. The number of nitriles is 1. The van der Waals surface area contributed by atoms with E-state index in [-0.39, 0.29) is 23.6 Å². The Bertz CT molecular complexity index is 1150. The van der Waals surface area contributed by atoms with Crippen LogP contribution in [-0.2, 0) is 10.2 Å². The van der Waals surface area contributed by atoms with E-state index >= 15 is 4.39 Å². The van der Waals surface area contributed by atoms with Gasteiger partial charge in [0.25, 0.3) is 0 Å². The smallest absolute Gasteiger partial charge is 0.237 e. The number of nitrogens with one attached hydrogen (secondary N) is 2. The second-order valence-electron chi connectivity index (χ2n) is 10.5. The summed E-state index contributed by atoms with van der Waals surface area (Å²) in [6, 6.07) is 12.8. The molecule has 1 saturated heterocycles. The van der Waals surface area contributed by atoms with Crippen LogP contribution in [0, 0.1) is 23.1 Å². The lowest BCUT2D eigenvalue weighted by atomic mass is 9.63. The molecule has 2 aromatic carbocycles. The third-order valence-corrected chi connectivity index (χ3v) is 8.69. The standard InChI is InChI=1S/C29H34Cl2FN3O3/c30-20-11-9-19(10-12-20)29(17-33)24(15-18-5-2-1-3-6-18)35-27(28(38)34-14-13-21(37)16-36)25(29)22-7-4-8-23(31)26(22)32/h4,7-12,18,21,24-25,27,35-37H,1-3,5-6,13-16H2,(H,34,38)/t21-,24-,25-,27+,29-/m0/s1. The predicted octanol–water partition coefficient (Wildman–Crippen LogP) is 4.85. The molecule has 6 nitrogen and oxygen atoms in total. The van der Waals surface area contributed by atoms with Crippen molar-refractivity contribution in [3.63, 3.8) is 0 Å². The number of halogens is 3. The summed E-state index contributed by atoms with van der Waals surface area (Å²) in [5.74, 6) is -1.56. The molecule has 4 N–H and O–H groups in total. The first-order valence-electron chi connectivity index (χ1n) is 13.3. The van der Waals surface area contributed by atoms with Gasteiger partial charge in [0.15, 0.2) is 0 Å². The minimum absolute atomic E-state index is 0.0774. The Hall–Kier alpha value is -2.21. The van der Waals surface area contributed by atoms with Crippen LogP contribution in [-0.4, -0.2) is 47.5 Å². The molecule has 4 rings (SSSR count). The van der Waals surface area contributed by atoms with Crippen molar-refractivity contribution in [2.75, 3.05) is 13.2 Å². The lowest BCUT2D eigenvalue weighted by molar-refractivity contribution is -0.123. The van der Waals surface area contributed by atoms with Gasteiger partial charge in [-0.25, -0.2) is 4.39 Å². The molecular formula is C29H34Cl2FN3O3. The second kappa shape index (κ2) is 12.8. The molecule has 1 saturated carbocycles. The highest BCUT2D eigenvalue weighted by Gasteiger charge is 2.60. The van der Waals surface area contributed by atoms with E-state index in [0.717, 1.165) is 25.7 Å². The van der Waals surface area contributed by atoms with E-state index in [9.17, 15) is 15.2 Å². The number of aliphatic hydroxyl groups excluding tert-OH is 2. The zero-order valence-corrected chi connectivity index (χ0v) is 22.7. The lowest BCUT2D eigenvalue weighted by Gasteiger charge is -2.37. The lowest BCUT2D eigenvalue weighted by Crippen LogP contribution is -2.46. The average Bonchev–Trinajstić information content (AvgIpc) is 3.25. The Morgan fingerprint density at radius 1 is 1.18 bits per heavy atom. The van der Waals surface area contributed by atoms with Crippen LogP contribution in [0.25, 0.3) is 0 Å². The van der Waals surface area contributed by atoms with Crippen LogP contribution in [0.5, 0.6) is 0 Å². The summed E-state index contributed by atoms with van der Waals surface area (Å²) in [6.07, 6.45) is 5.41. The fourth-order valence-electron chi connectivity index (χ4n) is 6.23. The van der Waals surface area contributed by atoms with Crippen molar-refractivity contribution in [3.05, 3.63) is 69.5 Å². The minimum atomic E-state index is -1.28. The van der Waals surface area contributed by atoms with E-state index < -0.39 is 47.9 Å². The van der Waals surface area contributed by atoms with Gasteiger partial charge in [0, 0.05) is 23.5 Å². The van der Waals surface area contributed by atoms with Crippen molar-refractivity contribution in [1.29, 1.82) is 5.26 Å². The van der Waals surface area contributed by atoms with Crippen molar-refractivity contribution < 1.29 is 19.4 Å². The summed E-state index contributed by atoms with van der Waals surface area (Å²) in [4.78, 5) is 13.6. The maximum Gasteiger partial charge on any atom is 0.237 e. The van der Waals surface area contributed by atoms with Gasteiger partial charge in [0.2, 0.25) is 5.91 Å². The van der Waals surface area contributed by atoms with Crippen LogP contribution in [0.4, 0.5) is 4.39 Å². The maximum atomic E-state index is 15.7. The van der Waals surface area contributed by atoms with Crippen LogP contribution in [0.15, 0.2) is 42.5 Å². The average molecular weight is 563 g/mol. The number of hydrogen-bond donors (Lipinski definition) is 4. The molecule has 0 radical (unpaired) electrons. The molecular weight excluding hydrogens is 528 g/mol. The normalized spacial score (nSPS) is 26.6. The molecule has 0 aromatic heterocycles. The van der Waals surface area contributed by atoms with Crippen molar-refractivity contribution >= 4 is 29.1 Å². The predicted molar refractivity (Wildman–Crippen MR) is 146 cm³/mol. The Kier molecular flexibility index (Phi) is 9.67. The number of hydrogen-bond acceptors (Lipinski definition) is 5. The van der Waals surface area contributed by atoms with Crippen molar-refractivity contribution in [1.82, 2.24) is 10.6 Å². The second-order valence-corrected chi connectivity index (χ2v) is 11.3. The molecule has 38 heavy (non-hydrogen) atoms. The number of benzene rings is 2. The first kappa shape index (κ1) is 28.8. The Morgan fingerprint density at radius 3 is 2.55 bits per heavy atom. The highest BCUT2D eigenvalue weighted by atomic mass is 35.5. The number of rotatable bonds is 9. The van der Waals surface area contributed by atoms with E-state index in [1.807, 2.05) is 0 Å². The van der Waals surface area contributed by atoms with Crippen LogP contribution in [0.2, 0.25) is 10.0 Å². The van der Waals surface area contributed by atoms with Crippen molar-refractivity contribution in [3.8, 4) is 6.07 Å². The van der Waals surface area contributed by atoms with E-state index in [2.05, 4.69) is 16.7 Å². The summed E-state index contributed by atoms with van der Waals surface area (Å²) >= 11 is 12.4. The fraction of sp³-hybridized carbons (Fsp3) is 0.517. The van der Waals surface area contributed by atoms with Crippen LogP contribution in [0.3, 0.4) is 0 Å². The number of aliphatic hydroxyl groups is 2. The molecule has 5 atom stereocenters. The third-order valence-electron chi connectivity index (χ3n) is 8.14. The Labute approximate surface area is 233 Å². The molecule has 0 unspecified atom stereocenters. The van der Waals surface area contributed by atoms with Gasteiger partial charge in [-0.1, -0.05) is 79.6 Å².